The van der Waals surface area contributed by atoms with Crippen LogP contribution >= 0.6 is 0 Å². The maximum absolute atomic E-state index is 12.2. The smallest absolute Gasteiger partial charge is 0.407 e. The van der Waals surface area contributed by atoms with Gasteiger partial charge in [0.1, 0.15) is 11.4 Å². The zero-order valence-electron chi connectivity index (χ0n) is 23.5. The fourth-order valence-corrected chi connectivity index (χ4v) is 3.94. The highest BCUT2D eigenvalue weighted by Gasteiger charge is 2.15. The van der Waals surface area contributed by atoms with Gasteiger partial charge in [-0.15, -0.1) is 0 Å². The molecule has 0 saturated carbocycles. The first kappa shape index (κ1) is 31.8. The third-order valence-corrected chi connectivity index (χ3v) is 5.95. The highest BCUT2D eigenvalue weighted by atomic mass is 16.6. The lowest BCUT2D eigenvalue weighted by Crippen LogP contribution is -2.33. The quantitative estimate of drug-likeness (QED) is 0.178. The van der Waals surface area contributed by atoms with Crippen LogP contribution in [0.1, 0.15) is 123 Å². The van der Waals surface area contributed by atoms with Crippen LogP contribution in [0.4, 0.5) is 4.79 Å². The van der Waals surface area contributed by atoms with Gasteiger partial charge in [-0.05, 0) is 46.1 Å². The molecular weight excluding hydrogens is 452 g/mol. The lowest BCUT2D eigenvalue weighted by Gasteiger charge is -2.19. The van der Waals surface area contributed by atoms with Crippen LogP contribution in [-0.2, 0) is 16.1 Å². The summed E-state index contributed by atoms with van der Waals surface area (Å²) in [4.78, 5) is 23.9. The number of carbonyl (C=O) groups is 2. The van der Waals surface area contributed by atoms with Gasteiger partial charge in [0.05, 0.1) is 6.61 Å². The molecule has 1 rings (SSSR count). The van der Waals surface area contributed by atoms with E-state index in [4.69, 9.17) is 9.47 Å². The Morgan fingerprint density at radius 3 is 2.06 bits per heavy atom. The summed E-state index contributed by atoms with van der Waals surface area (Å²) in [7, 11) is 0. The molecule has 0 aliphatic heterocycles. The van der Waals surface area contributed by atoms with E-state index in [0.29, 0.717) is 19.5 Å². The topological polar surface area (TPSA) is 76.7 Å². The van der Waals surface area contributed by atoms with Crippen molar-refractivity contribution in [2.75, 3.05) is 13.2 Å². The van der Waals surface area contributed by atoms with Crippen LogP contribution in [0.25, 0.3) is 0 Å². The van der Waals surface area contributed by atoms with Crippen molar-refractivity contribution in [3.05, 3.63) is 29.8 Å². The van der Waals surface area contributed by atoms with Gasteiger partial charge in [-0.3, -0.25) is 4.79 Å². The van der Waals surface area contributed by atoms with Crippen LogP contribution in [0.15, 0.2) is 24.3 Å². The Balaban J connectivity index is 2.11. The summed E-state index contributed by atoms with van der Waals surface area (Å²) in [5.41, 5.74) is 0.526. The summed E-state index contributed by atoms with van der Waals surface area (Å²) in [6.07, 6.45) is 15.7. The second-order valence-electron chi connectivity index (χ2n) is 10.7. The second-order valence-corrected chi connectivity index (χ2v) is 10.7. The molecule has 6 nitrogen and oxygen atoms in total. The molecule has 0 radical (unpaired) electrons. The van der Waals surface area contributed by atoms with Crippen molar-refractivity contribution in [3.63, 3.8) is 0 Å². The molecule has 0 spiro atoms. The Labute approximate surface area is 220 Å². The van der Waals surface area contributed by atoms with Crippen LogP contribution in [0.5, 0.6) is 5.75 Å². The molecule has 206 valence electrons. The Hall–Kier alpha value is -2.24. The lowest BCUT2D eigenvalue weighted by atomic mass is 10.1. The number of rotatable bonds is 20. The monoisotopic (exact) mass is 504 g/mol. The number of amides is 2. The molecule has 0 aliphatic carbocycles. The number of para-hydroxylation sites is 1. The van der Waals surface area contributed by atoms with E-state index in [9.17, 15) is 9.59 Å². The van der Waals surface area contributed by atoms with Crippen molar-refractivity contribution >= 4 is 12.0 Å². The summed E-state index contributed by atoms with van der Waals surface area (Å²) in [5, 5.41) is 5.75. The van der Waals surface area contributed by atoms with Gasteiger partial charge in [0.25, 0.3) is 0 Å². The molecule has 2 N–H and O–H groups in total. The molecule has 0 unspecified atom stereocenters. The molecule has 0 aliphatic rings. The average Bonchev–Trinajstić information content (AvgIpc) is 2.83. The molecule has 1 aromatic rings. The number of unbranched alkanes of at least 4 members (excludes halogenated alkanes) is 11. The summed E-state index contributed by atoms with van der Waals surface area (Å²) < 4.78 is 11.2. The zero-order valence-corrected chi connectivity index (χ0v) is 23.5. The van der Waals surface area contributed by atoms with Gasteiger partial charge >= 0.3 is 6.09 Å². The number of hydrogen-bond acceptors (Lipinski definition) is 4. The average molecular weight is 505 g/mol. The van der Waals surface area contributed by atoms with E-state index in [2.05, 4.69) is 17.6 Å². The number of hydrogen-bond donors (Lipinski definition) is 2. The van der Waals surface area contributed by atoms with E-state index in [-0.39, 0.29) is 5.91 Å². The Morgan fingerprint density at radius 2 is 1.39 bits per heavy atom. The second kappa shape index (κ2) is 19.9. The first-order chi connectivity index (χ1) is 17.3. The van der Waals surface area contributed by atoms with Crippen LogP contribution in [0.2, 0.25) is 0 Å². The minimum atomic E-state index is -0.487. The van der Waals surface area contributed by atoms with Gasteiger partial charge in [-0.2, -0.15) is 0 Å². The van der Waals surface area contributed by atoms with Crippen molar-refractivity contribution in [2.24, 2.45) is 0 Å². The molecule has 0 aromatic heterocycles. The van der Waals surface area contributed by atoms with Crippen molar-refractivity contribution in [1.82, 2.24) is 10.6 Å². The molecule has 2 amide bonds. The van der Waals surface area contributed by atoms with Crippen LogP contribution < -0.4 is 15.4 Å². The number of carbonyl (C=O) groups excluding carboxylic acids is 2. The van der Waals surface area contributed by atoms with E-state index in [1.54, 1.807) is 0 Å². The van der Waals surface area contributed by atoms with E-state index >= 15 is 0 Å². The van der Waals surface area contributed by atoms with Gasteiger partial charge < -0.3 is 20.1 Å². The van der Waals surface area contributed by atoms with E-state index < -0.39 is 11.7 Å². The highest BCUT2D eigenvalue weighted by molar-refractivity contribution is 5.75. The van der Waals surface area contributed by atoms with Crippen LogP contribution in [0, 0.1) is 0 Å². The molecule has 36 heavy (non-hydrogen) atoms. The number of ether oxygens (including phenoxy) is 2. The fourth-order valence-electron chi connectivity index (χ4n) is 3.94. The summed E-state index contributed by atoms with van der Waals surface area (Å²) in [6, 6.07) is 7.95. The molecular formula is C30H52N2O4. The first-order valence-electron chi connectivity index (χ1n) is 14.3. The van der Waals surface area contributed by atoms with Crippen LogP contribution in [-0.4, -0.2) is 30.8 Å². The molecule has 0 atom stereocenters. The number of nitrogens with one attached hydrogen (secondary N) is 2. The predicted molar refractivity (Wildman–Crippen MR) is 148 cm³/mol. The van der Waals surface area contributed by atoms with Gasteiger partial charge in [0.2, 0.25) is 5.91 Å². The first-order valence-corrected chi connectivity index (χ1v) is 14.3. The molecule has 0 heterocycles. The Morgan fingerprint density at radius 1 is 0.778 bits per heavy atom. The SMILES string of the molecule is CCCCCCCCCCCCOc1ccccc1CNC(=O)CCCCCNC(=O)OC(C)(C)C. The number of alkyl carbamates (subject to hydrolysis) is 1. The Kier molecular flexibility index (Phi) is 17.6. The maximum atomic E-state index is 12.2. The van der Waals surface area contributed by atoms with Gasteiger partial charge in [0.15, 0.2) is 0 Å². The lowest BCUT2D eigenvalue weighted by molar-refractivity contribution is -0.121. The van der Waals surface area contributed by atoms with E-state index in [1.165, 1.54) is 57.8 Å². The van der Waals surface area contributed by atoms with Gasteiger partial charge in [-0.25, -0.2) is 4.79 Å². The van der Waals surface area contributed by atoms with Crippen molar-refractivity contribution in [3.8, 4) is 5.75 Å². The summed E-state index contributed by atoms with van der Waals surface area (Å²) in [5.74, 6) is 0.904. The van der Waals surface area contributed by atoms with Gasteiger partial charge in [-0.1, -0.05) is 89.3 Å². The Bertz CT molecular complexity index is 715. The van der Waals surface area contributed by atoms with E-state index in [0.717, 1.165) is 43.6 Å². The molecule has 1 aromatic carbocycles. The minimum absolute atomic E-state index is 0.0413. The third-order valence-electron chi connectivity index (χ3n) is 5.95. The minimum Gasteiger partial charge on any atom is -0.493 e. The molecule has 6 heteroatoms. The van der Waals surface area contributed by atoms with Gasteiger partial charge in [0, 0.05) is 25.1 Å². The molecule has 0 fully saturated rings. The zero-order chi connectivity index (χ0) is 26.5. The third kappa shape index (κ3) is 18.1. The largest absolute Gasteiger partial charge is 0.493 e. The van der Waals surface area contributed by atoms with E-state index in [1.807, 2.05) is 45.0 Å². The maximum Gasteiger partial charge on any atom is 0.407 e. The normalized spacial score (nSPS) is 11.2. The van der Waals surface area contributed by atoms with Crippen molar-refractivity contribution in [2.45, 2.75) is 130 Å². The summed E-state index contributed by atoms with van der Waals surface area (Å²) >= 11 is 0. The predicted octanol–water partition coefficient (Wildman–Crippen LogP) is 7.69. The fraction of sp³-hybridized carbons (Fsp3) is 0.733. The number of benzene rings is 1. The molecule has 0 saturated heterocycles. The van der Waals surface area contributed by atoms with Crippen LogP contribution in [0.3, 0.4) is 0 Å². The molecule has 0 bridgehead atoms. The van der Waals surface area contributed by atoms with Crippen molar-refractivity contribution < 1.29 is 19.1 Å². The highest BCUT2D eigenvalue weighted by Crippen LogP contribution is 2.19. The van der Waals surface area contributed by atoms with Crippen molar-refractivity contribution in [1.29, 1.82) is 0 Å². The standard InChI is InChI=1S/C30H52N2O4/c1-5-6-7-8-9-10-11-12-13-19-24-35-27-21-17-16-20-26(27)25-32-28(33)22-15-14-18-23-31-29(34)36-30(2,3)4/h16-17,20-21H,5-15,18-19,22-25H2,1-4H3,(H,31,34)(H,32,33). The summed E-state index contributed by atoms with van der Waals surface area (Å²) in [6.45, 7) is 9.54.